The SMILES string of the molecule is Cc1ccc(C(=O)NC2CC(C)(C)CC(C)(C)C2)c(N)c1. The van der Waals surface area contributed by atoms with Crippen molar-refractivity contribution in [2.45, 2.75) is 59.9 Å². The molecule has 1 amide bonds. The molecule has 0 radical (unpaired) electrons. The fraction of sp³-hybridized carbons (Fsp3) is 0.611. The van der Waals surface area contributed by atoms with E-state index in [9.17, 15) is 4.79 Å². The molecule has 0 bridgehead atoms. The van der Waals surface area contributed by atoms with E-state index in [4.69, 9.17) is 5.73 Å². The molecule has 0 unspecified atom stereocenters. The van der Waals surface area contributed by atoms with Crippen molar-refractivity contribution in [1.82, 2.24) is 5.32 Å². The van der Waals surface area contributed by atoms with E-state index in [1.165, 1.54) is 6.42 Å². The molecule has 1 fully saturated rings. The molecule has 0 spiro atoms. The first-order valence-corrected chi connectivity index (χ1v) is 7.75. The van der Waals surface area contributed by atoms with E-state index in [-0.39, 0.29) is 22.8 Å². The van der Waals surface area contributed by atoms with Crippen LogP contribution in [0.25, 0.3) is 0 Å². The van der Waals surface area contributed by atoms with E-state index in [1.807, 2.05) is 25.1 Å². The fourth-order valence-electron chi connectivity index (χ4n) is 4.10. The van der Waals surface area contributed by atoms with Gasteiger partial charge in [0, 0.05) is 11.7 Å². The number of carbonyl (C=O) groups is 1. The third-order valence-electron chi connectivity index (χ3n) is 4.34. The molecule has 3 N–H and O–H groups in total. The number of benzene rings is 1. The van der Waals surface area contributed by atoms with Crippen LogP contribution in [0.2, 0.25) is 0 Å². The van der Waals surface area contributed by atoms with Gasteiger partial charge in [-0.15, -0.1) is 0 Å². The third-order valence-corrected chi connectivity index (χ3v) is 4.34. The Bertz CT molecular complexity index is 530. The lowest BCUT2D eigenvalue weighted by Gasteiger charge is -2.45. The zero-order valence-corrected chi connectivity index (χ0v) is 13.9. The molecule has 2 rings (SSSR count). The number of anilines is 1. The fourth-order valence-corrected chi connectivity index (χ4v) is 4.10. The number of rotatable bonds is 2. The largest absolute Gasteiger partial charge is 0.398 e. The van der Waals surface area contributed by atoms with Gasteiger partial charge in [-0.1, -0.05) is 33.8 Å². The Morgan fingerprint density at radius 3 is 2.29 bits per heavy atom. The number of nitrogens with one attached hydrogen (secondary N) is 1. The van der Waals surface area contributed by atoms with E-state index in [0.717, 1.165) is 18.4 Å². The maximum absolute atomic E-state index is 12.5. The zero-order chi connectivity index (χ0) is 15.8. The second-order valence-corrected chi connectivity index (χ2v) is 8.17. The van der Waals surface area contributed by atoms with Crippen LogP contribution in [0.3, 0.4) is 0 Å². The van der Waals surface area contributed by atoms with Crippen molar-refractivity contribution in [1.29, 1.82) is 0 Å². The van der Waals surface area contributed by atoms with Gasteiger partial charge in [0.25, 0.3) is 5.91 Å². The summed E-state index contributed by atoms with van der Waals surface area (Å²) >= 11 is 0. The normalized spacial score (nSPS) is 21.0. The van der Waals surface area contributed by atoms with E-state index < -0.39 is 0 Å². The number of amides is 1. The van der Waals surface area contributed by atoms with Crippen molar-refractivity contribution in [2.75, 3.05) is 5.73 Å². The van der Waals surface area contributed by atoms with Gasteiger partial charge in [-0.25, -0.2) is 0 Å². The van der Waals surface area contributed by atoms with Gasteiger partial charge in [0.2, 0.25) is 0 Å². The molecule has 0 saturated heterocycles. The van der Waals surface area contributed by atoms with Crippen LogP contribution in [0.5, 0.6) is 0 Å². The third kappa shape index (κ3) is 3.99. The maximum Gasteiger partial charge on any atom is 0.253 e. The molecule has 0 aliphatic heterocycles. The topological polar surface area (TPSA) is 55.1 Å². The molecular formula is C18H28N2O. The van der Waals surface area contributed by atoms with Crippen molar-refractivity contribution in [3.05, 3.63) is 29.3 Å². The standard InChI is InChI=1S/C18H28N2O/c1-12-6-7-14(15(19)8-12)16(21)20-13-9-17(2,3)11-18(4,5)10-13/h6-8,13H,9-11,19H2,1-5H3,(H,20,21). The summed E-state index contributed by atoms with van der Waals surface area (Å²) in [5, 5.41) is 3.19. The molecule has 21 heavy (non-hydrogen) atoms. The summed E-state index contributed by atoms with van der Waals surface area (Å²) in [4.78, 5) is 12.5. The van der Waals surface area contributed by atoms with Crippen LogP contribution in [0.15, 0.2) is 18.2 Å². The average Bonchev–Trinajstić information content (AvgIpc) is 2.23. The van der Waals surface area contributed by atoms with Gasteiger partial charge in [0.05, 0.1) is 5.56 Å². The molecule has 1 aliphatic rings. The number of hydrogen-bond acceptors (Lipinski definition) is 2. The summed E-state index contributed by atoms with van der Waals surface area (Å²) in [5.74, 6) is -0.0500. The van der Waals surface area contributed by atoms with E-state index >= 15 is 0 Å². The summed E-state index contributed by atoms with van der Waals surface area (Å²) in [5.41, 5.74) is 8.71. The Morgan fingerprint density at radius 2 is 1.76 bits per heavy atom. The van der Waals surface area contributed by atoms with Gasteiger partial charge in [0.15, 0.2) is 0 Å². The Labute approximate surface area is 128 Å². The zero-order valence-electron chi connectivity index (χ0n) is 13.9. The van der Waals surface area contributed by atoms with E-state index in [1.54, 1.807) is 0 Å². The second kappa shape index (κ2) is 5.36. The van der Waals surface area contributed by atoms with Gasteiger partial charge in [-0.2, -0.15) is 0 Å². The minimum absolute atomic E-state index is 0.0500. The molecule has 3 nitrogen and oxygen atoms in total. The van der Waals surface area contributed by atoms with Crippen molar-refractivity contribution in [3.63, 3.8) is 0 Å². The quantitative estimate of drug-likeness (QED) is 0.811. The summed E-state index contributed by atoms with van der Waals surface area (Å²) in [6.45, 7) is 11.1. The predicted octanol–water partition coefficient (Wildman–Crippen LogP) is 3.91. The lowest BCUT2D eigenvalue weighted by atomic mass is 9.63. The van der Waals surface area contributed by atoms with Crippen molar-refractivity contribution in [2.24, 2.45) is 10.8 Å². The summed E-state index contributed by atoms with van der Waals surface area (Å²) in [6, 6.07) is 5.82. The van der Waals surface area contributed by atoms with Crippen LogP contribution in [-0.4, -0.2) is 11.9 Å². The molecular weight excluding hydrogens is 260 g/mol. The first-order chi connectivity index (χ1) is 9.58. The highest BCUT2D eigenvalue weighted by Crippen LogP contribution is 2.45. The number of carbonyl (C=O) groups excluding carboxylic acids is 1. The van der Waals surface area contributed by atoms with Crippen LogP contribution in [0.4, 0.5) is 5.69 Å². The van der Waals surface area contributed by atoms with E-state index in [2.05, 4.69) is 33.0 Å². The molecule has 0 heterocycles. The van der Waals surface area contributed by atoms with E-state index in [0.29, 0.717) is 11.3 Å². The van der Waals surface area contributed by atoms with Crippen molar-refractivity contribution < 1.29 is 4.79 Å². The molecule has 0 atom stereocenters. The summed E-state index contributed by atoms with van der Waals surface area (Å²) in [6.07, 6.45) is 3.24. The lowest BCUT2D eigenvalue weighted by Crippen LogP contribution is -2.46. The lowest BCUT2D eigenvalue weighted by molar-refractivity contribution is 0.0714. The van der Waals surface area contributed by atoms with Gasteiger partial charge < -0.3 is 11.1 Å². The average molecular weight is 288 g/mol. The van der Waals surface area contributed by atoms with Crippen LogP contribution in [0, 0.1) is 17.8 Å². The monoisotopic (exact) mass is 288 g/mol. The second-order valence-electron chi connectivity index (χ2n) is 8.17. The Hall–Kier alpha value is -1.51. The first kappa shape index (κ1) is 15.9. The predicted molar refractivity (Wildman–Crippen MR) is 88.3 cm³/mol. The van der Waals surface area contributed by atoms with Gasteiger partial charge >= 0.3 is 0 Å². The van der Waals surface area contributed by atoms with Gasteiger partial charge in [0.1, 0.15) is 0 Å². The molecule has 1 saturated carbocycles. The molecule has 1 aliphatic carbocycles. The van der Waals surface area contributed by atoms with Gasteiger partial charge in [-0.05, 0) is 54.7 Å². The summed E-state index contributed by atoms with van der Waals surface area (Å²) < 4.78 is 0. The van der Waals surface area contributed by atoms with Crippen LogP contribution < -0.4 is 11.1 Å². The molecule has 1 aromatic rings. The molecule has 0 aromatic heterocycles. The van der Waals surface area contributed by atoms with Crippen molar-refractivity contribution in [3.8, 4) is 0 Å². The first-order valence-electron chi connectivity index (χ1n) is 7.75. The molecule has 116 valence electrons. The Morgan fingerprint density at radius 1 is 1.19 bits per heavy atom. The summed E-state index contributed by atoms with van der Waals surface area (Å²) in [7, 11) is 0. The van der Waals surface area contributed by atoms with Gasteiger partial charge in [-0.3, -0.25) is 4.79 Å². The number of nitrogens with two attached hydrogens (primary N) is 1. The molecule has 3 heteroatoms. The minimum atomic E-state index is -0.0500. The Balaban J connectivity index is 2.12. The minimum Gasteiger partial charge on any atom is -0.398 e. The van der Waals surface area contributed by atoms with Crippen LogP contribution in [-0.2, 0) is 0 Å². The number of aryl methyl sites for hydroxylation is 1. The smallest absolute Gasteiger partial charge is 0.253 e. The highest BCUT2D eigenvalue weighted by molar-refractivity contribution is 5.99. The number of nitrogen functional groups attached to an aromatic ring is 1. The highest BCUT2D eigenvalue weighted by Gasteiger charge is 2.39. The van der Waals surface area contributed by atoms with Crippen LogP contribution in [0.1, 0.15) is 62.9 Å². The highest BCUT2D eigenvalue weighted by atomic mass is 16.1. The van der Waals surface area contributed by atoms with Crippen molar-refractivity contribution >= 4 is 11.6 Å². The number of hydrogen-bond donors (Lipinski definition) is 2. The maximum atomic E-state index is 12.5. The Kier molecular flexibility index (Phi) is 4.05. The molecule has 1 aromatic carbocycles. The van der Waals surface area contributed by atoms with Crippen LogP contribution >= 0.6 is 0 Å².